The second-order valence-corrected chi connectivity index (χ2v) is 2.79. The van der Waals surface area contributed by atoms with E-state index in [-0.39, 0.29) is 0 Å². The van der Waals surface area contributed by atoms with Crippen molar-refractivity contribution in [3.8, 4) is 0 Å². The Morgan fingerprint density at radius 2 is 1.73 bits per heavy atom. The van der Waals surface area contributed by atoms with Gasteiger partial charge in [-0.1, -0.05) is 13.8 Å². The number of nitrogens with zero attached hydrogens (tertiary/aromatic N) is 1. The van der Waals surface area contributed by atoms with Crippen molar-refractivity contribution in [3.05, 3.63) is 0 Å². The molecule has 0 rings (SSSR count). The van der Waals surface area contributed by atoms with Crippen LogP contribution in [0.5, 0.6) is 0 Å². The summed E-state index contributed by atoms with van der Waals surface area (Å²) in [5.74, 6) is 0. The minimum Gasteiger partial charge on any atom is -0.309 e. The summed E-state index contributed by atoms with van der Waals surface area (Å²) in [4.78, 5) is 2.14. The van der Waals surface area contributed by atoms with Crippen molar-refractivity contribution in [2.24, 2.45) is 0 Å². The summed E-state index contributed by atoms with van der Waals surface area (Å²) < 4.78 is 0. The quantitative estimate of drug-likeness (QED) is 0.627. The van der Waals surface area contributed by atoms with Gasteiger partial charge in [0.25, 0.3) is 0 Å². The van der Waals surface area contributed by atoms with E-state index in [1.54, 1.807) is 0 Å². The average Bonchev–Trinajstić information content (AvgIpc) is 1.90. The van der Waals surface area contributed by atoms with Crippen LogP contribution in [-0.2, 0) is 0 Å². The Labute approximate surface area is 71.1 Å². The topological polar surface area (TPSA) is 27.1 Å². The monoisotopic (exact) mass is 158 g/mol. The van der Waals surface area contributed by atoms with Gasteiger partial charge in [0.15, 0.2) is 0 Å². The van der Waals surface area contributed by atoms with Crippen LogP contribution in [0.15, 0.2) is 0 Å². The Morgan fingerprint density at radius 1 is 1.36 bits per heavy atom. The van der Waals surface area contributed by atoms with Crippen molar-refractivity contribution in [3.63, 3.8) is 0 Å². The van der Waals surface area contributed by atoms with Gasteiger partial charge in [-0.3, -0.25) is 4.90 Å². The van der Waals surface area contributed by atoms with E-state index in [0.29, 0.717) is 6.04 Å². The molecule has 1 N–H and O–H groups in total. The van der Waals surface area contributed by atoms with Crippen molar-refractivity contribution in [2.75, 3.05) is 13.6 Å². The Kier molecular flexibility index (Phi) is 9.31. The Morgan fingerprint density at radius 3 is 1.82 bits per heavy atom. The van der Waals surface area contributed by atoms with E-state index >= 15 is 0 Å². The van der Waals surface area contributed by atoms with E-state index in [0.717, 1.165) is 12.3 Å². The van der Waals surface area contributed by atoms with E-state index in [9.17, 15) is 0 Å². The van der Waals surface area contributed by atoms with Crippen LogP contribution in [0.25, 0.3) is 0 Å². The molecule has 0 amide bonds. The molecule has 2 heteroatoms. The lowest BCUT2D eigenvalue weighted by Crippen LogP contribution is -2.30. The van der Waals surface area contributed by atoms with Crippen LogP contribution in [0.1, 0.15) is 34.6 Å². The maximum absolute atomic E-state index is 7.18. The highest BCUT2D eigenvalue weighted by molar-refractivity contribution is 5.80. The third-order valence-corrected chi connectivity index (χ3v) is 1.37. The molecule has 0 bridgehead atoms. The van der Waals surface area contributed by atoms with Gasteiger partial charge in [0.2, 0.25) is 0 Å². The summed E-state index contributed by atoms with van der Waals surface area (Å²) in [6.07, 6.45) is 0. The minimum atomic E-state index is 0.547. The first-order valence-electron chi connectivity index (χ1n) is 4.28. The van der Waals surface area contributed by atoms with Crippen LogP contribution in [0.2, 0.25) is 0 Å². The van der Waals surface area contributed by atoms with Gasteiger partial charge in [0.05, 0.1) is 0 Å². The van der Waals surface area contributed by atoms with Crippen LogP contribution in [0, 0.1) is 5.41 Å². The van der Waals surface area contributed by atoms with Crippen LogP contribution in [0.4, 0.5) is 0 Å². The van der Waals surface area contributed by atoms with Gasteiger partial charge in [-0.25, -0.2) is 0 Å². The fraction of sp³-hybridized carbons (Fsp3) is 0.889. The molecule has 68 valence electrons. The van der Waals surface area contributed by atoms with Crippen LogP contribution < -0.4 is 0 Å². The predicted molar refractivity (Wildman–Crippen MR) is 52.5 cm³/mol. The van der Waals surface area contributed by atoms with Crippen LogP contribution in [-0.4, -0.2) is 30.2 Å². The SMILES string of the molecule is CC.CC(=N)CN(C)C(C)C. The zero-order valence-corrected chi connectivity index (χ0v) is 8.73. The van der Waals surface area contributed by atoms with Gasteiger partial charge < -0.3 is 5.41 Å². The van der Waals surface area contributed by atoms with Gasteiger partial charge >= 0.3 is 0 Å². The summed E-state index contributed by atoms with van der Waals surface area (Å²) in [5, 5.41) is 7.18. The molecule has 0 unspecified atom stereocenters. The molecule has 0 atom stereocenters. The molecule has 0 aromatic heterocycles. The number of hydrogen-bond donors (Lipinski definition) is 1. The van der Waals surface area contributed by atoms with Crippen molar-refractivity contribution < 1.29 is 0 Å². The zero-order valence-electron chi connectivity index (χ0n) is 8.73. The fourth-order valence-corrected chi connectivity index (χ4v) is 0.557. The van der Waals surface area contributed by atoms with Crippen molar-refractivity contribution >= 4 is 5.71 Å². The van der Waals surface area contributed by atoms with Gasteiger partial charge in [0, 0.05) is 18.3 Å². The minimum absolute atomic E-state index is 0.547. The Balaban J connectivity index is 0. The molecule has 0 fully saturated rings. The molecule has 0 aliphatic heterocycles. The molecule has 0 aromatic rings. The fourth-order valence-electron chi connectivity index (χ4n) is 0.557. The van der Waals surface area contributed by atoms with Crippen molar-refractivity contribution in [2.45, 2.75) is 40.7 Å². The lowest BCUT2D eigenvalue weighted by Gasteiger charge is -2.19. The molecule has 0 aromatic carbocycles. The molecular weight excluding hydrogens is 136 g/mol. The second-order valence-electron chi connectivity index (χ2n) is 2.79. The molecule has 0 aliphatic carbocycles. The van der Waals surface area contributed by atoms with E-state index < -0.39 is 0 Å². The second kappa shape index (κ2) is 7.73. The Bertz CT molecular complexity index is 97.7. The largest absolute Gasteiger partial charge is 0.309 e. The molecule has 0 saturated heterocycles. The molecule has 2 nitrogen and oxygen atoms in total. The number of nitrogens with one attached hydrogen (secondary N) is 1. The first-order valence-corrected chi connectivity index (χ1v) is 4.28. The molecular formula is C9H22N2. The lowest BCUT2D eigenvalue weighted by molar-refractivity contribution is 0.311. The molecule has 0 aliphatic rings. The highest BCUT2D eigenvalue weighted by atomic mass is 15.1. The standard InChI is InChI=1S/C7H16N2.C2H6/c1-6(2)9(4)5-7(3)8;1-2/h6,8H,5H2,1-4H3;1-2H3. The van der Waals surface area contributed by atoms with Crippen LogP contribution >= 0.6 is 0 Å². The van der Waals surface area contributed by atoms with E-state index in [2.05, 4.69) is 18.7 Å². The Hall–Kier alpha value is -0.370. The van der Waals surface area contributed by atoms with E-state index in [1.165, 1.54) is 0 Å². The van der Waals surface area contributed by atoms with Gasteiger partial charge in [-0.15, -0.1) is 0 Å². The highest BCUT2D eigenvalue weighted by Crippen LogP contribution is 1.91. The summed E-state index contributed by atoms with van der Waals surface area (Å²) >= 11 is 0. The smallest absolute Gasteiger partial charge is 0.0357 e. The summed E-state index contributed by atoms with van der Waals surface area (Å²) in [5.41, 5.74) is 0.728. The maximum atomic E-state index is 7.18. The van der Waals surface area contributed by atoms with E-state index in [1.807, 2.05) is 27.8 Å². The molecule has 0 radical (unpaired) electrons. The molecule has 0 spiro atoms. The first kappa shape index (κ1) is 13.2. The van der Waals surface area contributed by atoms with Gasteiger partial charge in [-0.05, 0) is 27.8 Å². The molecule has 11 heavy (non-hydrogen) atoms. The average molecular weight is 158 g/mol. The third kappa shape index (κ3) is 9.63. The van der Waals surface area contributed by atoms with E-state index in [4.69, 9.17) is 5.41 Å². The van der Waals surface area contributed by atoms with Gasteiger partial charge in [0.1, 0.15) is 0 Å². The lowest BCUT2D eigenvalue weighted by atomic mass is 10.3. The van der Waals surface area contributed by atoms with Crippen molar-refractivity contribution in [1.29, 1.82) is 5.41 Å². The normalized spacial score (nSPS) is 9.45. The zero-order chi connectivity index (χ0) is 9.44. The number of rotatable bonds is 3. The molecule has 0 heterocycles. The summed E-state index contributed by atoms with van der Waals surface area (Å²) in [7, 11) is 2.03. The third-order valence-electron chi connectivity index (χ3n) is 1.37. The summed E-state index contributed by atoms with van der Waals surface area (Å²) in [6, 6.07) is 0.547. The van der Waals surface area contributed by atoms with Crippen molar-refractivity contribution in [1.82, 2.24) is 4.90 Å². The van der Waals surface area contributed by atoms with Gasteiger partial charge in [-0.2, -0.15) is 0 Å². The highest BCUT2D eigenvalue weighted by Gasteiger charge is 2.01. The number of hydrogen-bond acceptors (Lipinski definition) is 2. The first-order chi connectivity index (χ1) is 5.04. The maximum Gasteiger partial charge on any atom is 0.0357 e. The predicted octanol–water partition coefficient (Wildman–Crippen LogP) is 2.39. The molecule has 0 saturated carbocycles. The summed E-state index contributed by atoms with van der Waals surface area (Å²) in [6.45, 7) is 10.9. The van der Waals surface area contributed by atoms with Crippen LogP contribution in [0.3, 0.4) is 0 Å².